The van der Waals surface area contributed by atoms with Crippen LogP contribution in [0.15, 0.2) is 18.3 Å². The molecule has 2 atom stereocenters. The molecule has 1 aliphatic carbocycles. The lowest BCUT2D eigenvalue weighted by molar-refractivity contribution is 0.0479. The van der Waals surface area contributed by atoms with Crippen molar-refractivity contribution in [3.05, 3.63) is 24.0 Å². The summed E-state index contributed by atoms with van der Waals surface area (Å²) in [7, 11) is 1.62. The van der Waals surface area contributed by atoms with Gasteiger partial charge >= 0.3 is 0 Å². The summed E-state index contributed by atoms with van der Waals surface area (Å²) in [5.74, 6) is 0.953. The largest absolute Gasteiger partial charge is 0.495 e. The highest BCUT2D eigenvalue weighted by molar-refractivity contribution is 5.29. The van der Waals surface area contributed by atoms with Crippen LogP contribution in [0.25, 0.3) is 0 Å². The molecule has 3 heteroatoms. The number of pyridine rings is 1. The summed E-state index contributed by atoms with van der Waals surface area (Å²) in [6.07, 6.45) is 4.61. The summed E-state index contributed by atoms with van der Waals surface area (Å²) in [4.78, 5) is 4.28. The fourth-order valence-electron chi connectivity index (χ4n) is 2.93. The molecule has 2 rings (SSSR count). The highest BCUT2D eigenvalue weighted by Crippen LogP contribution is 2.49. The van der Waals surface area contributed by atoms with Gasteiger partial charge in [-0.05, 0) is 36.3 Å². The highest BCUT2D eigenvalue weighted by atomic mass is 16.5. The highest BCUT2D eigenvalue weighted by Gasteiger charge is 2.40. The molecule has 0 bridgehead atoms. The molecule has 1 saturated carbocycles. The molecule has 17 heavy (non-hydrogen) atoms. The Morgan fingerprint density at radius 2 is 2.29 bits per heavy atom. The number of rotatable bonds is 3. The number of nitrogens with zero attached hydrogens (tertiary/aromatic N) is 1. The van der Waals surface area contributed by atoms with Gasteiger partial charge in [0.15, 0.2) is 0 Å². The number of ether oxygens (including phenoxy) is 1. The van der Waals surface area contributed by atoms with Crippen molar-refractivity contribution in [3.63, 3.8) is 0 Å². The zero-order valence-corrected chi connectivity index (χ0v) is 10.8. The molecule has 1 aromatic rings. The maximum Gasteiger partial charge on any atom is 0.143 e. The molecule has 1 N–H and O–H groups in total. The van der Waals surface area contributed by atoms with E-state index in [0.717, 1.165) is 6.42 Å². The van der Waals surface area contributed by atoms with Crippen molar-refractivity contribution in [2.45, 2.75) is 39.2 Å². The first kappa shape index (κ1) is 12.4. The number of aliphatic hydroxyl groups excluding tert-OH is 1. The lowest BCUT2D eigenvalue weighted by Crippen LogP contribution is -2.25. The lowest BCUT2D eigenvalue weighted by atomic mass is 9.77. The van der Waals surface area contributed by atoms with Gasteiger partial charge in [0.1, 0.15) is 17.5 Å². The van der Waals surface area contributed by atoms with Crippen LogP contribution in [0, 0.1) is 11.3 Å². The van der Waals surface area contributed by atoms with E-state index in [2.05, 4.69) is 18.8 Å². The molecule has 1 aliphatic rings. The molecular weight excluding hydrogens is 214 g/mol. The Balaban J connectivity index is 2.27. The summed E-state index contributed by atoms with van der Waals surface area (Å²) in [5, 5.41) is 10.5. The molecule has 0 aromatic carbocycles. The molecule has 3 nitrogen and oxygen atoms in total. The second kappa shape index (κ2) is 4.65. The Kier molecular flexibility index (Phi) is 3.38. The fraction of sp³-hybridized carbons (Fsp3) is 0.643. The van der Waals surface area contributed by atoms with E-state index < -0.39 is 6.10 Å². The molecule has 0 radical (unpaired) electrons. The molecule has 1 heterocycles. The Hall–Kier alpha value is -1.09. The number of hydrogen-bond donors (Lipinski definition) is 1. The summed E-state index contributed by atoms with van der Waals surface area (Å²) in [5.41, 5.74) is 0.858. The van der Waals surface area contributed by atoms with Crippen LogP contribution in [-0.2, 0) is 0 Å². The maximum atomic E-state index is 10.5. The van der Waals surface area contributed by atoms with Gasteiger partial charge in [0.2, 0.25) is 0 Å². The van der Waals surface area contributed by atoms with Crippen LogP contribution in [0.2, 0.25) is 0 Å². The van der Waals surface area contributed by atoms with Gasteiger partial charge in [0, 0.05) is 6.20 Å². The number of aliphatic hydroxyl groups is 1. The van der Waals surface area contributed by atoms with Crippen molar-refractivity contribution < 1.29 is 9.84 Å². The molecule has 1 aromatic heterocycles. The van der Waals surface area contributed by atoms with E-state index in [1.54, 1.807) is 13.3 Å². The Bertz CT molecular complexity index is 390. The molecule has 0 spiro atoms. The first-order valence-electron chi connectivity index (χ1n) is 6.23. The summed E-state index contributed by atoms with van der Waals surface area (Å²) in [6.45, 7) is 4.45. The van der Waals surface area contributed by atoms with Crippen LogP contribution in [0.5, 0.6) is 5.75 Å². The quantitative estimate of drug-likeness (QED) is 0.875. The fourth-order valence-corrected chi connectivity index (χ4v) is 2.93. The van der Waals surface area contributed by atoms with Crippen LogP contribution in [0.1, 0.15) is 44.9 Å². The van der Waals surface area contributed by atoms with Gasteiger partial charge < -0.3 is 9.84 Å². The molecule has 94 valence electrons. The van der Waals surface area contributed by atoms with Gasteiger partial charge in [-0.25, -0.2) is 0 Å². The van der Waals surface area contributed by atoms with Crippen LogP contribution < -0.4 is 4.74 Å². The smallest absolute Gasteiger partial charge is 0.143 e. The van der Waals surface area contributed by atoms with Crippen molar-refractivity contribution in [2.75, 3.05) is 7.11 Å². The predicted molar refractivity (Wildman–Crippen MR) is 66.9 cm³/mol. The average Bonchev–Trinajstić information content (AvgIpc) is 2.68. The molecule has 1 fully saturated rings. The lowest BCUT2D eigenvalue weighted by Gasteiger charge is -2.31. The molecule has 0 amide bonds. The zero-order chi connectivity index (χ0) is 12.5. The van der Waals surface area contributed by atoms with Crippen LogP contribution >= 0.6 is 0 Å². The van der Waals surface area contributed by atoms with E-state index in [9.17, 15) is 5.11 Å². The number of methoxy groups -OCH3 is 1. The minimum absolute atomic E-state index is 0.182. The van der Waals surface area contributed by atoms with E-state index in [1.807, 2.05) is 12.1 Å². The second-order valence-corrected chi connectivity index (χ2v) is 5.52. The molecule has 0 aliphatic heterocycles. The van der Waals surface area contributed by atoms with Crippen molar-refractivity contribution in [3.8, 4) is 5.75 Å². The van der Waals surface area contributed by atoms with E-state index in [1.165, 1.54) is 12.8 Å². The van der Waals surface area contributed by atoms with Crippen LogP contribution in [-0.4, -0.2) is 17.2 Å². The van der Waals surface area contributed by atoms with Crippen molar-refractivity contribution >= 4 is 0 Å². The van der Waals surface area contributed by atoms with Crippen molar-refractivity contribution in [1.29, 1.82) is 0 Å². The van der Waals surface area contributed by atoms with Crippen LogP contribution in [0.4, 0.5) is 0 Å². The third-order valence-electron chi connectivity index (χ3n) is 4.02. The molecular formula is C14H21NO2. The average molecular weight is 235 g/mol. The summed E-state index contributed by atoms with van der Waals surface area (Å²) in [6, 6.07) is 3.68. The number of aromatic nitrogens is 1. The SMILES string of the molecule is COc1cccnc1C(O)C1CCCC1(C)C. The van der Waals surface area contributed by atoms with Gasteiger partial charge in [0.25, 0.3) is 0 Å². The van der Waals surface area contributed by atoms with Gasteiger partial charge in [-0.15, -0.1) is 0 Å². The van der Waals surface area contributed by atoms with E-state index in [0.29, 0.717) is 11.4 Å². The van der Waals surface area contributed by atoms with Gasteiger partial charge in [-0.1, -0.05) is 20.3 Å². The molecule has 2 unspecified atom stereocenters. The molecule has 0 saturated heterocycles. The maximum absolute atomic E-state index is 10.5. The van der Waals surface area contributed by atoms with Crippen molar-refractivity contribution in [2.24, 2.45) is 11.3 Å². The third-order valence-corrected chi connectivity index (χ3v) is 4.02. The van der Waals surface area contributed by atoms with E-state index in [-0.39, 0.29) is 11.3 Å². The van der Waals surface area contributed by atoms with Crippen molar-refractivity contribution in [1.82, 2.24) is 4.98 Å². The minimum atomic E-state index is -0.524. The Morgan fingerprint density at radius 1 is 1.53 bits per heavy atom. The first-order chi connectivity index (χ1) is 8.06. The Morgan fingerprint density at radius 3 is 2.88 bits per heavy atom. The third kappa shape index (κ3) is 2.29. The van der Waals surface area contributed by atoms with E-state index in [4.69, 9.17) is 4.74 Å². The monoisotopic (exact) mass is 235 g/mol. The Labute approximate surface area is 103 Å². The minimum Gasteiger partial charge on any atom is -0.495 e. The standard InChI is InChI=1S/C14H21NO2/c1-14(2)8-4-6-10(14)13(16)12-11(17-3)7-5-9-15-12/h5,7,9-10,13,16H,4,6,8H2,1-3H3. The summed E-state index contributed by atoms with van der Waals surface area (Å²) >= 11 is 0. The number of hydrogen-bond acceptors (Lipinski definition) is 3. The normalized spacial score (nSPS) is 24.6. The summed E-state index contributed by atoms with van der Waals surface area (Å²) < 4.78 is 5.27. The second-order valence-electron chi connectivity index (χ2n) is 5.52. The predicted octanol–water partition coefficient (Wildman–Crippen LogP) is 2.95. The topological polar surface area (TPSA) is 42.4 Å². The zero-order valence-electron chi connectivity index (χ0n) is 10.8. The van der Waals surface area contributed by atoms with Gasteiger partial charge in [-0.2, -0.15) is 0 Å². The van der Waals surface area contributed by atoms with Gasteiger partial charge in [0.05, 0.1) is 7.11 Å². The van der Waals surface area contributed by atoms with Gasteiger partial charge in [-0.3, -0.25) is 4.98 Å². The first-order valence-corrected chi connectivity index (χ1v) is 6.23. The van der Waals surface area contributed by atoms with E-state index >= 15 is 0 Å². The van der Waals surface area contributed by atoms with Crippen LogP contribution in [0.3, 0.4) is 0 Å².